The summed E-state index contributed by atoms with van der Waals surface area (Å²) in [6.07, 6.45) is 2.39. The second-order valence-electron chi connectivity index (χ2n) is 6.63. The number of carbonyl (C=O) groups excluding carboxylic acids is 1. The predicted octanol–water partition coefficient (Wildman–Crippen LogP) is 2.17. The molecule has 0 radical (unpaired) electrons. The van der Waals surface area contributed by atoms with Crippen LogP contribution in [0.4, 0.5) is 0 Å². The largest absolute Gasteiger partial charge is 0.492 e. The third-order valence-electron chi connectivity index (χ3n) is 4.70. The zero-order chi connectivity index (χ0) is 21.6. The Balaban J connectivity index is 1.49. The standard InChI is InChI=1S/C18H24ClN5O4S2/c1-2-28-16-4-3-14(11-15(16)19)30(26,27)24-8-5-13(6-9-24)17(25)20-7-10-29-18-21-12-22-23-18/h3-4,11-13H,2,5-10H2,1H3,(H,20,25)(H,21,22,23). The van der Waals surface area contributed by atoms with Crippen molar-refractivity contribution in [2.24, 2.45) is 5.92 Å². The van der Waals surface area contributed by atoms with E-state index >= 15 is 0 Å². The van der Waals surface area contributed by atoms with Crippen LogP contribution in [0.25, 0.3) is 0 Å². The first-order chi connectivity index (χ1) is 14.4. The summed E-state index contributed by atoms with van der Waals surface area (Å²) in [5, 5.41) is 10.4. The lowest BCUT2D eigenvalue weighted by molar-refractivity contribution is -0.125. The maximum atomic E-state index is 12.9. The SMILES string of the molecule is CCOc1ccc(S(=O)(=O)N2CCC(C(=O)NCCSc3ncn[nH]3)CC2)cc1Cl. The normalized spacial score (nSPS) is 15.8. The molecule has 0 saturated carbocycles. The molecule has 1 aliphatic heterocycles. The summed E-state index contributed by atoms with van der Waals surface area (Å²) in [7, 11) is -3.67. The van der Waals surface area contributed by atoms with E-state index in [1.165, 1.54) is 34.5 Å². The smallest absolute Gasteiger partial charge is 0.243 e. The second kappa shape index (κ2) is 10.5. The molecule has 1 aliphatic rings. The third kappa shape index (κ3) is 5.65. The topological polar surface area (TPSA) is 117 Å². The Bertz CT molecular complexity index is 947. The summed E-state index contributed by atoms with van der Waals surface area (Å²) in [5.41, 5.74) is 0. The van der Waals surface area contributed by atoms with Crippen LogP contribution in [-0.4, -0.2) is 65.8 Å². The summed E-state index contributed by atoms with van der Waals surface area (Å²) >= 11 is 7.61. The Morgan fingerprint density at radius 3 is 2.80 bits per heavy atom. The van der Waals surface area contributed by atoms with Gasteiger partial charge in [-0.25, -0.2) is 13.4 Å². The van der Waals surface area contributed by atoms with Crippen molar-refractivity contribution in [3.8, 4) is 5.75 Å². The number of benzene rings is 1. The summed E-state index contributed by atoms with van der Waals surface area (Å²) in [6.45, 7) is 3.36. The van der Waals surface area contributed by atoms with Crippen LogP contribution in [0, 0.1) is 5.92 Å². The number of aromatic nitrogens is 3. The molecule has 3 rings (SSSR count). The average Bonchev–Trinajstić information content (AvgIpc) is 3.26. The number of nitrogens with zero attached hydrogens (tertiary/aromatic N) is 3. The van der Waals surface area contributed by atoms with Crippen LogP contribution in [0.2, 0.25) is 5.02 Å². The number of piperidine rings is 1. The van der Waals surface area contributed by atoms with Crippen molar-refractivity contribution in [2.45, 2.75) is 29.8 Å². The van der Waals surface area contributed by atoms with Gasteiger partial charge in [0.25, 0.3) is 0 Å². The third-order valence-corrected chi connectivity index (χ3v) is 7.77. The lowest BCUT2D eigenvalue weighted by Crippen LogP contribution is -2.43. The quantitative estimate of drug-likeness (QED) is 0.423. The van der Waals surface area contributed by atoms with Crippen molar-refractivity contribution in [1.82, 2.24) is 24.8 Å². The average molecular weight is 474 g/mol. The monoisotopic (exact) mass is 473 g/mol. The summed E-state index contributed by atoms with van der Waals surface area (Å²) < 4.78 is 32.6. The first kappa shape index (κ1) is 22.9. The van der Waals surface area contributed by atoms with Gasteiger partial charge < -0.3 is 10.1 Å². The molecular weight excluding hydrogens is 450 g/mol. The van der Waals surface area contributed by atoms with E-state index in [4.69, 9.17) is 16.3 Å². The molecule has 12 heteroatoms. The van der Waals surface area contributed by atoms with Gasteiger partial charge in [-0.15, -0.1) is 0 Å². The van der Waals surface area contributed by atoms with Crippen molar-refractivity contribution < 1.29 is 17.9 Å². The highest BCUT2D eigenvalue weighted by atomic mass is 35.5. The predicted molar refractivity (Wildman–Crippen MR) is 114 cm³/mol. The van der Waals surface area contributed by atoms with Crippen molar-refractivity contribution in [2.75, 3.05) is 32.0 Å². The molecule has 2 aromatic rings. The maximum Gasteiger partial charge on any atom is 0.243 e. The van der Waals surface area contributed by atoms with Gasteiger partial charge in [0.05, 0.1) is 16.5 Å². The minimum absolute atomic E-state index is 0.0469. The molecule has 1 fully saturated rings. The van der Waals surface area contributed by atoms with Crippen LogP contribution in [-0.2, 0) is 14.8 Å². The zero-order valence-electron chi connectivity index (χ0n) is 16.5. The van der Waals surface area contributed by atoms with E-state index in [-0.39, 0.29) is 34.8 Å². The Kier molecular flexibility index (Phi) is 7.98. The number of H-pyrrole nitrogens is 1. The molecule has 0 spiro atoms. The number of amides is 1. The molecule has 2 N–H and O–H groups in total. The molecule has 9 nitrogen and oxygen atoms in total. The molecule has 2 heterocycles. The number of hydrogen-bond donors (Lipinski definition) is 2. The van der Waals surface area contributed by atoms with Crippen molar-refractivity contribution >= 4 is 39.3 Å². The minimum Gasteiger partial charge on any atom is -0.492 e. The van der Waals surface area contributed by atoms with Crippen LogP contribution < -0.4 is 10.1 Å². The van der Waals surface area contributed by atoms with Gasteiger partial charge in [0.1, 0.15) is 12.1 Å². The van der Waals surface area contributed by atoms with Crippen LogP contribution in [0.5, 0.6) is 5.75 Å². The number of nitrogens with one attached hydrogen (secondary N) is 2. The highest BCUT2D eigenvalue weighted by Gasteiger charge is 2.32. The van der Waals surface area contributed by atoms with Crippen LogP contribution >= 0.6 is 23.4 Å². The molecule has 1 aromatic carbocycles. The number of thioether (sulfide) groups is 1. The van der Waals surface area contributed by atoms with Crippen LogP contribution in [0.15, 0.2) is 34.6 Å². The van der Waals surface area contributed by atoms with E-state index in [0.29, 0.717) is 42.7 Å². The number of halogens is 1. The molecule has 1 saturated heterocycles. The summed E-state index contributed by atoms with van der Waals surface area (Å²) in [6, 6.07) is 4.47. The molecule has 1 aromatic heterocycles. The molecule has 1 amide bonds. The van der Waals surface area contributed by atoms with Gasteiger partial charge in [-0.2, -0.15) is 9.40 Å². The Labute approximate surface area is 185 Å². The summed E-state index contributed by atoms with van der Waals surface area (Å²) in [5.74, 6) is 0.882. The zero-order valence-corrected chi connectivity index (χ0v) is 18.9. The maximum absolute atomic E-state index is 12.9. The van der Waals surface area contributed by atoms with Crippen molar-refractivity contribution in [3.63, 3.8) is 0 Å². The number of hydrogen-bond acceptors (Lipinski definition) is 7. The van der Waals surface area contributed by atoms with Crippen LogP contribution in [0.3, 0.4) is 0 Å². The van der Waals surface area contributed by atoms with E-state index < -0.39 is 10.0 Å². The number of ether oxygens (including phenoxy) is 1. The molecular formula is C18H24ClN5O4S2. The van der Waals surface area contributed by atoms with Crippen molar-refractivity contribution in [3.05, 3.63) is 29.5 Å². The van der Waals surface area contributed by atoms with Gasteiger partial charge >= 0.3 is 0 Å². The molecule has 0 aliphatic carbocycles. The van der Waals surface area contributed by atoms with E-state index in [9.17, 15) is 13.2 Å². The Morgan fingerprint density at radius 1 is 1.40 bits per heavy atom. The van der Waals surface area contributed by atoms with Gasteiger partial charge in [-0.3, -0.25) is 9.89 Å². The first-order valence-electron chi connectivity index (χ1n) is 9.60. The van der Waals surface area contributed by atoms with E-state index in [1.807, 2.05) is 6.92 Å². The molecule has 164 valence electrons. The molecule has 30 heavy (non-hydrogen) atoms. The Hall–Kier alpha value is -1.82. The van der Waals surface area contributed by atoms with Crippen molar-refractivity contribution in [1.29, 1.82) is 0 Å². The van der Waals surface area contributed by atoms with E-state index in [1.54, 1.807) is 6.07 Å². The van der Waals surface area contributed by atoms with Gasteiger partial charge in [0.15, 0.2) is 5.16 Å². The fraction of sp³-hybridized carbons (Fsp3) is 0.500. The molecule has 0 bridgehead atoms. The van der Waals surface area contributed by atoms with Gasteiger partial charge in [-0.05, 0) is 38.0 Å². The van der Waals surface area contributed by atoms with Gasteiger partial charge in [0, 0.05) is 31.3 Å². The van der Waals surface area contributed by atoms with Gasteiger partial charge in [0.2, 0.25) is 15.9 Å². The highest BCUT2D eigenvalue weighted by Crippen LogP contribution is 2.30. The molecule has 0 unspecified atom stereocenters. The first-order valence-corrected chi connectivity index (χ1v) is 12.4. The summed E-state index contributed by atoms with van der Waals surface area (Å²) in [4.78, 5) is 16.5. The van der Waals surface area contributed by atoms with E-state index in [0.717, 1.165) is 0 Å². The molecule has 0 atom stereocenters. The second-order valence-corrected chi connectivity index (χ2v) is 10.1. The minimum atomic E-state index is -3.67. The number of sulfonamides is 1. The van der Waals surface area contributed by atoms with Gasteiger partial charge in [-0.1, -0.05) is 23.4 Å². The highest BCUT2D eigenvalue weighted by molar-refractivity contribution is 7.99. The Morgan fingerprint density at radius 2 is 2.17 bits per heavy atom. The number of carbonyl (C=O) groups is 1. The fourth-order valence-corrected chi connectivity index (χ4v) is 5.58. The fourth-order valence-electron chi connectivity index (χ4n) is 3.15. The lowest BCUT2D eigenvalue weighted by atomic mass is 9.97. The number of aromatic amines is 1. The van der Waals surface area contributed by atoms with Crippen LogP contribution in [0.1, 0.15) is 19.8 Å². The number of rotatable bonds is 9. The van der Waals surface area contributed by atoms with E-state index in [2.05, 4.69) is 20.5 Å². The lowest BCUT2D eigenvalue weighted by Gasteiger charge is -2.30.